The standard InChI is InChI=1S/C13H28N2O/c1-4-15-9-6-13(7-10-15)5-8-14-12(2)11-16-3/h12-14H,4-11H2,1-3H3/t12-/m1/s1. The molecule has 3 nitrogen and oxygen atoms in total. The second-order valence-corrected chi connectivity index (χ2v) is 4.98. The molecule has 0 amide bonds. The van der Waals surface area contributed by atoms with Crippen molar-refractivity contribution in [3.8, 4) is 0 Å². The van der Waals surface area contributed by atoms with Crippen LogP contribution < -0.4 is 5.32 Å². The van der Waals surface area contributed by atoms with Gasteiger partial charge in [-0.05, 0) is 58.3 Å². The Bertz CT molecular complexity index is 167. The molecule has 1 fully saturated rings. The summed E-state index contributed by atoms with van der Waals surface area (Å²) in [5.74, 6) is 0.935. The maximum Gasteiger partial charge on any atom is 0.0613 e. The zero-order valence-electron chi connectivity index (χ0n) is 11.2. The van der Waals surface area contributed by atoms with Crippen LogP contribution in [0, 0.1) is 5.92 Å². The molecule has 1 heterocycles. The number of methoxy groups -OCH3 is 1. The normalized spacial score (nSPS) is 21.2. The van der Waals surface area contributed by atoms with Gasteiger partial charge in [-0.25, -0.2) is 0 Å². The van der Waals surface area contributed by atoms with E-state index in [1.807, 2.05) is 0 Å². The van der Waals surface area contributed by atoms with E-state index in [4.69, 9.17) is 4.74 Å². The van der Waals surface area contributed by atoms with Gasteiger partial charge in [0.15, 0.2) is 0 Å². The maximum atomic E-state index is 5.11. The summed E-state index contributed by atoms with van der Waals surface area (Å²) < 4.78 is 5.11. The number of rotatable bonds is 7. The summed E-state index contributed by atoms with van der Waals surface area (Å²) in [6.45, 7) is 10.2. The summed E-state index contributed by atoms with van der Waals surface area (Å²) in [5.41, 5.74) is 0. The van der Waals surface area contributed by atoms with Gasteiger partial charge >= 0.3 is 0 Å². The highest BCUT2D eigenvalue weighted by atomic mass is 16.5. The molecule has 0 unspecified atom stereocenters. The van der Waals surface area contributed by atoms with Gasteiger partial charge in [0.05, 0.1) is 6.61 Å². The SMILES string of the molecule is CCN1CCC(CCN[C@H](C)COC)CC1. The second-order valence-electron chi connectivity index (χ2n) is 4.98. The van der Waals surface area contributed by atoms with Crippen molar-refractivity contribution in [3.63, 3.8) is 0 Å². The highest BCUT2D eigenvalue weighted by Gasteiger charge is 2.17. The monoisotopic (exact) mass is 228 g/mol. The Hall–Kier alpha value is -0.120. The van der Waals surface area contributed by atoms with Crippen molar-refractivity contribution in [1.29, 1.82) is 0 Å². The smallest absolute Gasteiger partial charge is 0.0613 e. The van der Waals surface area contributed by atoms with E-state index in [0.717, 1.165) is 19.1 Å². The van der Waals surface area contributed by atoms with Crippen LogP contribution in [0.4, 0.5) is 0 Å². The minimum absolute atomic E-state index is 0.487. The number of hydrogen-bond acceptors (Lipinski definition) is 3. The van der Waals surface area contributed by atoms with Gasteiger partial charge in [0.25, 0.3) is 0 Å². The molecule has 3 heteroatoms. The van der Waals surface area contributed by atoms with Crippen LogP contribution in [0.15, 0.2) is 0 Å². The van der Waals surface area contributed by atoms with Crippen LogP contribution in [0.5, 0.6) is 0 Å². The van der Waals surface area contributed by atoms with Crippen molar-refractivity contribution >= 4 is 0 Å². The average molecular weight is 228 g/mol. The number of ether oxygens (including phenoxy) is 1. The lowest BCUT2D eigenvalue weighted by Crippen LogP contribution is -2.36. The number of piperidine rings is 1. The van der Waals surface area contributed by atoms with Gasteiger partial charge in [0.1, 0.15) is 0 Å². The van der Waals surface area contributed by atoms with E-state index in [0.29, 0.717) is 6.04 Å². The molecule has 0 spiro atoms. The van der Waals surface area contributed by atoms with E-state index >= 15 is 0 Å². The van der Waals surface area contributed by atoms with Gasteiger partial charge in [-0.3, -0.25) is 0 Å². The van der Waals surface area contributed by atoms with Crippen LogP contribution in [0.2, 0.25) is 0 Å². The molecule has 0 aromatic rings. The fraction of sp³-hybridized carbons (Fsp3) is 1.00. The Kier molecular flexibility index (Phi) is 7.01. The molecule has 1 N–H and O–H groups in total. The van der Waals surface area contributed by atoms with Crippen LogP contribution in [0.1, 0.15) is 33.1 Å². The fourth-order valence-electron chi connectivity index (χ4n) is 2.43. The van der Waals surface area contributed by atoms with E-state index < -0.39 is 0 Å². The predicted molar refractivity (Wildman–Crippen MR) is 68.8 cm³/mol. The lowest BCUT2D eigenvalue weighted by molar-refractivity contribution is 0.165. The first-order chi connectivity index (χ1) is 7.76. The van der Waals surface area contributed by atoms with E-state index in [2.05, 4.69) is 24.1 Å². The first kappa shape index (κ1) is 13.9. The minimum atomic E-state index is 0.487. The highest BCUT2D eigenvalue weighted by Crippen LogP contribution is 2.19. The van der Waals surface area contributed by atoms with E-state index in [-0.39, 0.29) is 0 Å². The van der Waals surface area contributed by atoms with Crippen LogP contribution in [0.25, 0.3) is 0 Å². The van der Waals surface area contributed by atoms with Gasteiger partial charge in [-0.2, -0.15) is 0 Å². The van der Waals surface area contributed by atoms with Gasteiger partial charge in [0.2, 0.25) is 0 Å². The zero-order chi connectivity index (χ0) is 11.8. The van der Waals surface area contributed by atoms with E-state index in [1.54, 1.807) is 7.11 Å². The fourth-order valence-corrected chi connectivity index (χ4v) is 2.43. The minimum Gasteiger partial charge on any atom is -0.383 e. The third kappa shape index (κ3) is 5.28. The van der Waals surface area contributed by atoms with Gasteiger partial charge in [-0.15, -0.1) is 0 Å². The largest absolute Gasteiger partial charge is 0.383 e. The first-order valence-electron chi connectivity index (χ1n) is 6.71. The molecule has 1 rings (SSSR count). The number of nitrogens with zero attached hydrogens (tertiary/aromatic N) is 1. The summed E-state index contributed by atoms with van der Waals surface area (Å²) in [7, 11) is 1.76. The van der Waals surface area contributed by atoms with Crippen LogP contribution >= 0.6 is 0 Å². The molecule has 0 aliphatic carbocycles. The summed E-state index contributed by atoms with van der Waals surface area (Å²) in [6, 6.07) is 0.487. The third-order valence-corrected chi connectivity index (χ3v) is 3.62. The third-order valence-electron chi connectivity index (χ3n) is 3.62. The second kappa shape index (κ2) is 8.04. The molecule has 1 aliphatic heterocycles. The van der Waals surface area contributed by atoms with Crippen LogP contribution in [-0.2, 0) is 4.74 Å². The predicted octanol–water partition coefficient (Wildman–Crippen LogP) is 1.73. The molecule has 0 radical (unpaired) electrons. The molecule has 0 bridgehead atoms. The van der Waals surface area contributed by atoms with Gasteiger partial charge in [0, 0.05) is 13.2 Å². The zero-order valence-corrected chi connectivity index (χ0v) is 11.2. The summed E-state index contributed by atoms with van der Waals surface area (Å²) in [6.07, 6.45) is 4.09. The van der Waals surface area contributed by atoms with Gasteiger partial charge < -0.3 is 15.0 Å². The lowest BCUT2D eigenvalue weighted by atomic mass is 9.93. The van der Waals surface area contributed by atoms with Crippen molar-refractivity contribution in [2.75, 3.05) is 39.9 Å². The molecule has 1 atom stereocenters. The molecule has 1 saturated heterocycles. The molecular weight excluding hydrogens is 200 g/mol. The molecule has 1 aliphatic rings. The molecular formula is C13H28N2O. The number of nitrogens with one attached hydrogen (secondary N) is 1. The summed E-state index contributed by atoms with van der Waals surface area (Å²) >= 11 is 0. The molecule has 0 aromatic carbocycles. The van der Waals surface area contributed by atoms with Crippen LogP contribution in [-0.4, -0.2) is 50.8 Å². The van der Waals surface area contributed by atoms with Crippen molar-refractivity contribution in [1.82, 2.24) is 10.2 Å². The Morgan fingerprint density at radius 2 is 2.06 bits per heavy atom. The van der Waals surface area contributed by atoms with Crippen molar-refractivity contribution in [2.24, 2.45) is 5.92 Å². The lowest BCUT2D eigenvalue weighted by Gasteiger charge is -2.31. The Balaban J connectivity index is 2.02. The van der Waals surface area contributed by atoms with Gasteiger partial charge in [-0.1, -0.05) is 6.92 Å². The Morgan fingerprint density at radius 3 is 2.62 bits per heavy atom. The Labute approximate surface area is 101 Å². The molecule has 16 heavy (non-hydrogen) atoms. The molecule has 0 aromatic heterocycles. The van der Waals surface area contributed by atoms with Crippen LogP contribution in [0.3, 0.4) is 0 Å². The molecule has 96 valence electrons. The average Bonchev–Trinajstić information content (AvgIpc) is 2.30. The Morgan fingerprint density at radius 1 is 1.38 bits per heavy atom. The number of likely N-dealkylation sites (tertiary alicyclic amines) is 1. The first-order valence-corrected chi connectivity index (χ1v) is 6.71. The van der Waals surface area contributed by atoms with E-state index in [9.17, 15) is 0 Å². The maximum absolute atomic E-state index is 5.11. The van der Waals surface area contributed by atoms with Crippen molar-refractivity contribution < 1.29 is 4.74 Å². The molecule has 0 saturated carbocycles. The quantitative estimate of drug-likeness (QED) is 0.718. The topological polar surface area (TPSA) is 24.5 Å². The summed E-state index contributed by atoms with van der Waals surface area (Å²) in [5, 5.41) is 3.52. The summed E-state index contributed by atoms with van der Waals surface area (Å²) in [4.78, 5) is 2.55. The van der Waals surface area contributed by atoms with E-state index in [1.165, 1.54) is 38.9 Å². The highest BCUT2D eigenvalue weighted by molar-refractivity contribution is 4.72. The number of hydrogen-bond donors (Lipinski definition) is 1. The van der Waals surface area contributed by atoms with Crippen molar-refractivity contribution in [2.45, 2.75) is 39.2 Å². The van der Waals surface area contributed by atoms with Crippen molar-refractivity contribution in [3.05, 3.63) is 0 Å².